The first kappa shape index (κ1) is 17.0. The highest BCUT2D eigenvalue weighted by molar-refractivity contribution is 4.77. The average Bonchev–Trinajstić information content (AvgIpc) is 2.29. The first-order valence-corrected chi connectivity index (χ1v) is 7.91. The minimum absolute atomic E-state index is 0.351. The van der Waals surface area contributed by atoms with E-state index in [2.05, 4.69) is 20.8 Å². The van der Waals surface area contributed by atoms with Gasteiger partial charge < -0.3 is 5.11 Å². The highest BCUT2D eigenvalue weighted by Crippen LogP contribution is 2.27. The third-order valence-electron chi connectivity index (χ3n) is 3.71. The van der Waals surface area contributed by atoms with Crippen LogP contribution in [0.2, 0.25) is 0 Å². The maximum Gasteiger partial charge on any atom is 0.0647 e. The maximum atomic E-state index is 10.6. The summed E-state index contributed by atoms with van der Waals surface area (Å²) in [6.07, 6.45) is 14.4. The second-order valence-electron chi connectivity index (χ2n) is 5.60. The van der Waals surface area contributed by atoms with Crippen molar-refractivity contribution in [2.45, 2.75) is 103 Å². The molecule has 0 radical (unpaired) electrons. The minimum atomic E-state index is -0.351. The molecule has 0 spiro atoms. The number of rotatable bonds is 12. The molecule has 1 N–H and O–H groups in total. The molecule has 0 heterocycles. The van der Waals surface area contributed by atoms with Gasteiger partial charge in [0.15, 0.2) is 0 Å². The number of hydrogen-bond acceptors (Lipinski definition) is 1. The first-order valence-electron chi connectivity index (χ1n) is 7.91. The van der Waals surface area contributed by atoms with Gasteiger partial charge in [-0.25, -0.2) is 0 Å². The van der Waals surface area contributed by atoms with Crippen LogP contribution in [0.1, 0.15) is 97.8 Å². The lowest BCUT2D eigenvalue weighted by atomic mass is 9.86. The van der Waals surface area contributed by atoms with E-state index in [1.54, 1.807) is 0 Å². The fourth-order valence-corrected chi connectivity index (χ4v) is 2.60. The van der Waals surface area contributed by atoms with Crippen LogP contribution in [0.4, 0.5) is 0 Å². The monoisotopic (exact) mass is 242 g/mol. The SMILES string of the molecule is CCCCCCCC(O)(CCC)CCCCC. The third kappa shape index (κ3) is 9.64. The van der Waals surface area contributed by atoms with Crippen LogP contribution in [-0.2, 0) is 0 Å². The molecule has 0 bridgehead atoms. The van der Waals surface area contributed by atoms with Crippen LogP contribution in [0.25, 0.3) is 0 Å². The summed E-state index contributed by atoms with van der Waals surface area (Å²) >= 11 is 0. The number of hydrogen-bond donors (Lipinski definition) is 1. The summed E-state index contributed by atoms with van der Waals surface area (Å²) in [5.41, 5.74) is -0.351. The lowest BCUT2D eigenvalue weighted by Crippen LogP contribution is -2.28. The predicted molar refractivity (Wildman–Crippen MR) is 77.4 cm³/mol. The Bertz CT molecular complexity index is 156. The van der Waals surface area contributed by atoms with Gasteiger partial charge in [-0.1, -0.05) is 78.6 Å². The molecule has 1 unspecified atom stereocenters. The molecule has 0 aliphatic carbocycles. The molecule has 17 heavy (non-hydrogen) atoms. The lowest BCUT2D eigenvalue weighted by Gasteiger charge is -2.28. The lowest BCUT2D eigenvalue weighted by molar-refractivity contribution is 0.00888. The Morgan fingerprint density at radius 3 is 1.59 bits per heavy atom. The highest BCUT2D eigenvalue weighted by Gasteiger charge is 2.24. The molecule has 0 aliphatic rings. The van der Waals surface area contributed by atoms with Gasteiger partial charge in [0, 0.05) is 0 Å². The zero-order valence-electron chi connectivity index (χ0n) is 12.4. The molecule has 1 heteroatoms. The van der Waals surface area contributed by atoms with E-state index in [0.29, 0.717) is 0 Å². The van der Waals surface area contributed by atoms with Crippen LogP contribution >= 0.6 is 0 Å². The van der Waals surface area contributed by atoms with Crippen LogP contribution in [0.5, 0.6) is 0 Å². The van der Waals surface area contributed by atoms with Crippen molar-refractivity contribution in [3.63, 3.8) is 0 Å². The van der Waals surface area contributed by atoms with E-state index in [0.717, 1.165) is 25.7 Å². The van der Waals surface area contributed by atoms with Gasteiger partial charge >= 0.3 is 0 Å². The quantitative estimate of drug-likeness (QED) is 0.451. The summed E-state index contributed by atoms with van der Waals surface area (Å²) < 4.78 is 0. The maximum absolute atomic E-state index is 10.6. The van der Waals surface area contributed by atoms with Gasteiger partial charge in [-0.05, 0) is 19.3 Å². The summed E-state index contributed by atoms with van der Waals surface area (Å²) in [6.45, 7) is 6.66. The van der Waals surface area contributed by atoms with E-state index < -0.39 is 0 Å². The van der Waals surface area contributed by atoms with Crippen LogP contribution in [-0.4, -0.2) is 10.7 Å². The zero-order valence-corrected chi connectivity index (χ0v) is 12.4. The molecule has 1 nitrogen and oxygen atoms in total. The second kappa shape index (κ2) is 11.1. The Morgan fingerprint density at radius 2 is 1.06 bits per heavy atom. The van der Waals surface area contributed by atoms with E-state index >= 15 is 0 Å². The van der Waals surface area contributed by atoms with E-state index in [1.165, 1.54) is 51.4 Å². The minimum Gasteiger partial charge on any atom is -0.390 e. The molecule has 0 aromatic carbocycles. The molecule has 0 fully saturated rings. The Morgan fingerprint density at radius 1 is 0.588 bits per heavy atom. The smallest absolute Gasteiger partial charge is 0.0647 e. The Balaban J connectivity index is 3.77. The van der Waals surface area contributed by atoms with Crippen molar-refractivity contribution < 1.29 is 5.11 Å². The predicted octanol–water partition coefficient (Wildman–Crippen LogP) is 5.46. The fourth-order valence-electron chi connectivity index (χ4n) is 2.60. The van der Waals surface area contributed by atoms with Gasteiger partial charge in [-0.2, -0.15) is 0 Å². The van der Waals surface area contributed by atoms with E-state index in [1.807, 2.05) is 0 Å². The molecule has 0 rings (SSSR count). The van der Waals surface area contributed by atoms with Crippen LogP contribution in [0.15, 0.2) is 0 Å². The van der Waals surface area contributed by atoms with Crippen molar-refractivity contribution in [3.8, 4) is 0 Å². The normalized spacial score (nSPS) is 14.8. The first-order chi connectivity index (χ1) is 8.18. The van der Waals surface area contributed by atoms with Gasteiger partial charge in [-0.15, -0.1) is 0 Å². The van der Waals surface area contributed by atoms with Crippen molar-refractivity contribution in [2.24, 2.45) is 0 Å². The van der Waals surface area contributed by atoms with E-state index in [9.17, 15) is 5.11 Å². The second-order valence-corrected chi connectivity index (χ2v) is 5.60. The van der Waals surface area contributed by atoms with Crippen molar-refractivity contribution >= 4 is 0 Å². The van der Waals surface area contributed by atoms with Gasteiger partial charge in [0.05, 0.1) is 5.60 Å². The van der Waals surface area contributed by atoms with Crippen molar-refractivity contribution in [3.05, 3.63) is 0 Å². The molecular formula is C16H34O. The van der Waals surface area contributed by atoms with Crippen LogP contribution in [0.3, 0.4) is 0 Å². The highest BCUT2D eigenvalue weighted by atomic mass is 16.3. The van der Waals surface area contributed by atoms with Crippen LogP contribution in [0, 0.1) is 0 Å². The largest absolute Gasteiger partial charge is 0.390 e. The summed E-state index contributed by atoms with van der Waals surface area (Å²) in [5.74, 6) is 0. The zero-order chi connectivity index (χ0) is 13.0. The Kier molecular flexibility index (Phi) is 11.0. The Labute approximate surface area is 109 Å². The molecule has 0 amide bonds. The van der Waals surface area contributed by atoms with Crippen molar-refractivity contribution in [1.29, 1.82) is 0 Å². The van der Waals surface area contributed by atoms with Gasteiger partial charge in [0.1, 0.15) is 0 Å². The molecule has 1 atom stereocenters. The number of unbranched alkanes of at least 4 members (excludes halogenated alkanes) is 6. The molecule has 0 aliphatic heterocycles. The standard InChI is InChI=1S/C16H34O/c1-4-7-9-10-12-15-16(17,13-6-3)14-11-8-5-2/h17H,4-15H2,1-3H3. The summed E-state index contributed by atoms with van der Waals surface area (Å²) in [5, 5.41) is 10.6. The van der Waals surface area contributed by atoms with Gasteiger partial charge in [-0.3, -0.25) is 0 Å². The van der Waals surface area contributed by atoms with Gasteiger partial charge in [0.25, 0.3) is 0 Å². The van der Waals surface area contributed by atoms with Gasteiger partial charge in [0.2, 0.25) is 0 Å². The van der Waals surface area contributed by atoms with Crippen molar-refractivity contribution in [2.75, 3.05) is 0 Å². The summed E-state index contributed by atoms with van der Waals surface area (Å²) in [7, 11) is 0. The average molecular weight is 242 g/mol. The van der Waals surface area contributed by atoms with E-state index in [-0.39, 0.29) is 5.60 Å². The topological polar surface area (TPSA) is 20.2 Å². The van der Waals surface area contributed by atoms with E-state index in [4.69, 9.17) is 0 Å². The molecule has 0 saturated heterocycles. The van der Waals surface area contributed by atoms with Crippen molar-refractivity contribution in [1.82, 2.24) is 0 Å². The fraction of sp³-hybridized carbons (Fsp3) is 1.00. The third-order valence-corrected chi connectivity index (χ3v) is 3.71. The molecule has 104 valence electrons. The molecule has 0 aromatic rings. The van der Waals surface area contributed by atoms with Crippen LogP contribution < -0.4 is 0 Å². The number of aliphatic hydroxyl groups is 1. The summed E-state index contributed by atoms with van der Waals surface area (Å²) in [4.78, 5) is 0. The molecular weight excluding hydrogens is 208 g/mol. The summed E-state index contributed by atoms with van der Waals surface area (Å²) in [6, 6.07) is 0. The Hall–Kier alpha value is -0.0400. The molecule has 0 aromatic heterocycles. The molecule has 0 saturated carbocycles.